The van der Waals surface area contributed by atoms with Crippen molar-refractivity contribution in [1.82, 2.24) is 9.88 Å². The molecule has 1 aromatic heterocycles. The summed E-state index contributed by atoms with van der Waals surface area (Å²) in [4.78, 5) is 19.5. The van der Waals surface area contributed by atoms with E-state index in [1.54, 1.807) is 30.6 Å². The quantitative estimate of drug-likeness (QED) is 0.446. The van der Waals surface area contributed by atoms with E-state index in [1.807, 2.05) is 31.2 Å². The van der Waals surface area contributed by atoms with Crippen LogP contribution in [-0.4, -0.2) is 35.0 Å². The predicted octanol–water partition coefficient (Wildman–Crippen LogP) is 5.69. The average Bonchev–Trinajstić information content (AvgIpc) is 2.86. The maximum absolute atomic E-state index is 12.9. The fourth-order valence-corrected chi connectivity index (χ4v) is 4.21. The molecule has 34 heavy (non-hydrogen) atoms. The summed E-state index contributed by atoms with van der Waals surface area (Å²) in [6.45, 7) is 7.17. The second-order valence-corrected chi connectivity index (χ2v) is 8.71. The molecular formula is C28H33N3O3. The topological polar surface area (TPSA) is 63.7 Å². The smallest absolute Gasteiger partial charge is 0.255 e. The molecule has 4 rings (SSSR count). The summed E-state index contributed by atoms with van der Waals surface area (Å²) in [5, 5.41) is 2.99. The van der Waals surface area contributed by atoms with Gasteiger partial charge in [-0.05, 0) is 75.2 Å². The molecule has 1 fully saturated rings. The summed E-state index contributed by atoms with van der Waals surface area (Å²) in [5.74, 6) is 0.959. The maximum atomic E-state index is 12.9. The van der Waals surface area contributed by atoms with Gasteiger partial charge in [-0.3, -0.25) is 14.7 Å². The Balaban J connectivity index is 1.38. The SMILES string of the molecule is CCOc1cc(C(=O)Nc2ccc(CN3CCCCC3C)cc2)ccc1OCc1cccnc1. The highest BCUT2D eigenvalue weighted by Crippen LogP contribution is 2.30. The molecule has 2 heterocycles. The number of carbonyl (C=O) groups is 1. The molecule has 1 aliphatic heterocycles. The molecule has 0 radical (unpaired) electrons. The molecule has 3 aromatic rings. The van der Waals surface area contributed by atoms with Gasteiger partial charge in [0.15, 0.2) is 11.5 Å². The van der Waals surface area contributed by atoms with Gasteiger partial charge in [0.25, 0.3) is 5.91 Å². The Morgan fingerprint density at radius 3 is 2.65 bits per heavy atom. The molecule has 0 spiro atoms. The van der Waals surface area contributed by atoms with Crippen LogP contribution in [0.4, 0.5) is 5.69 Å². The first-order valence-electron chi connectivity index (χ1n) is 12.1. The average molecular weight is 460 g/mol. The van der Waals surface area contributed by atoms with Crippen LogP contribution in [0.5, 0.6) is 11.5 Å². The number of ether oxygens (including phenoxy) is 2. The third kappa shape index (κ3) is 6.35. The van der Waals surface area contributed by atoms with Crippen LogP contribution >= 0.6 is 0 Å². The van der Waals surface area contributed by atoms with Gasteiger partial charge in [0.2, 0.25) is 0 Å². The zero-order valence-electron chi connectivity index (χ0n) is 20.0. The Morgan fingerprint density at radius 1 is 1.06 bits per heavy atom. The van der Waals surface area contributed by atoms with Crippen LogP contribution in [0, 0.1) is 0 Å². The summed E-state index contributed by atoms with van der Waals surface area (Å²) >= 11 is 0. The Labute approximate surface area is 201 Å². The van der Waals surface area contributed by atoms with Crippen molar-refractivity contribution >= 4 is 11.6 Å². The van der Waals surface area contributed by atoms with E-state index >= 15 is 0 Å². The minimum Gasteiger partial charge on any atom is -0.490 e. The summed E-state index contributed by atoms with van der Waals surface area (Å²) in [6, 6.07) is 17.8. The second kappa shape index (κ2) is 11.7. The highest BCUT2D eigenvalue weighted by Gasteiger charge is 2.18. The number of likely N-dealkylation sites (tertiary alicyclic amines) is 1. The van der Waals surface area contributed by atoms with Gasteiger partial charge in [0.1, 0.15) is 6.61 Å². The maximum Gasteiger partial charge on any atom is 0.255 e. The van der Waals surface area contributed by atoms with Crippen LogP contribution in [0.2, 0.25) is 0 Å². The minimum atomic E-state index is -0.183. The molecular weight excluding hydrogens is 426 g/mol. The van der Waals surface area contributed by atoms with Crippen LogP contribution in [0.3, 0.4) is 0 Å². The van der Waals surface area contributed by atoms with Gasteiger partial charge in [0.05, 0.1) is 6.61 Å². The van der Waals surface area contributed by atoms with E-state index in [0.717, 1.165) is 24.3 Å². The standard InChI is InChI=1S/C28H33N3O3/c1-3-33-27-17-24(11-14-26(27)34-20-23-8-6-15-29-18-23)28(32)30-25-12-9-22(10-13-25)19-31-16-5-4-7-21(31)2/h6,8-15,17-18,21H,3-5,7,16,19-20H2,1-2H3,(H,30,32). The van der Waals surface area contributed by atoms with Crippen LogP contribution in [0.15, 0.2) is 67.0 Å². The van der Waals surface area contributed by atoms with Crippen molar-refractivity contribution in [2.24, 2.45) is 0 Å². The second-order valence-electron chi connectivity index (χ2n) is 8.71. The number of pyridine rings is 1. The first-order chi connectivity index (χ1) is 16.6. The molecule has 1 atom stereocenters. The van der Waals surface area contributed by atoms with E-state index in [-0.39, 0.29) is 5.91 Å². The highest BCUT2D eigenvalue weighted by molar-refractivity contribution is 6.04. The van der Waals surface area contributed by atoms with E-state index in [1.165, 1.54) is 24.8 Å². The molecule has 6 heteroatoms. The molecule has 6 nitrogen and oxygen atoms in total. The molecule has 0 bridgehead atoms. The summed E-state index contributed by atoms with van der Waals surface area (Å²) in [5.41, 5.74) is 3.52. The first kappa shape index (κ1) is 23.8. The fourth-order valence-electron chi connectivity index (χ4n) is 4.21. The van der Waals surface area contributed by atoms with Gasteiger partial charge in [-0.2, -0.15) is 0 Å². The third-order valence-electron chi connectivity index (χ3n) is 6.16. The number of piperidine rings is 1. The summed E-state index contributed by atoms with van der Waals surface area (Å²) in [7, 11) is 0. The van der Waals surface area contributed by atoms with E-state index in [9.17, 15) is 4.79 Å². The van der Waals surface area contributed by atoms with Gasteiger partial charge in [-0.15, -0.1) is 0 Å². The lowest BCUT2D eigenvalue weighted by Gasteiger charge is -2.33. The Hall–Kier alpha value is -3.38. The molecule has 1 amide bonds. The number of anilines is 1. The van der Waals surface area contributed by atoms with Crippen molar-refractivity contribution in [2.75, 3.05) is 18.5 Å². The zero-order valence-corrected chi connectivity index (χ0v) is 20.0. The molecule has 1 N–H and O–H groups in total. The lowest BCUT2D eigenvalue weighted by atomic mass is 10.0. The third-order valence-corrected chi connectivity index (χ3v) is 6.16. The van der Waals surface area contributed by atoms with Crippen molar-refractivity contribution < 1.29 is 14.3 Å². The van der Waals surface area contributed by atoms with Crippen molar-refractivity contribution in [3.63, 3.8) is 0 Å². The lowest BCUT2D eigenvalue weighted by molar-refractivity contribution is 0.102. The largest absolute Gasteiger partial charge is 0.490 e. The van der Waals surface area contributed by atoms with E-state index in [2.05, 4.69) is 34.3 Å². The normalized spacial score (nSPS) is 16.1. The minimum absolute atomic E-state index is 0.183. The molecule has 1 unspecified atom stereocenters. The molecule has 0 aliphatic carbocycles. The number of hydrogen-bond donors (Lipinski definition) is 1. The summed E-state index contributed by atoms with van der Waals surface area (Å²) in [6.07, 6.45) is 7.36. The monoisotopic (exact) mass is 459 g/mol. The Kier molecular flexibility index (Phi) is 8.15. The molecule has 2 aromatic carbocycles. The van der Waals surface area contributed by atoms with Crippen LogP contribution in [0.25, 0.3) is 0 Å². The highest BCUT2D eigenvalue weighted by atomic mass is 16.5. The number of nitrogens with one attached hydrogen (secondary N) is 1. The molecule has 1 aliphatic rings. The van der Waals surface area contributed by atoms with E-state index < -0.39 is 0 Å². The van der Waals surface area contributed by atoms with Gasteiger partial charge in [0, 0.05) is 41.8 Å². The number of hydrogen-bond acceptors (Lipinski definition) is 5. The van der Waals surface area contributed by atoms with Crippen molar-refractivity contribution in [1.29, 1.82) is 0 Å². The Bertz CT molecular complexity index is 1070. The van der Waals surface area contributed by atoms with E-state index in [4.69, 9.17) is 9.47 Å². The number of carbonyl (C=O) groups excluding carboxylic acids is 1. The van der Waals surface area contributed by atoms with Crippen LogP contribution in [0.1, 0.15) is 54.6 Å². The van der Waals surface area contributed by atoms with Crippen LogP contribution < -0.4 is 14.8 Å². The fraction of sp³-hybridized carbons (Fsp3) is 0.357. The zero-order chi connectivity index (χ0) is 23.8. The number of benzene rings is 2. The van der Waals surface area contributed by atoms with Gasteiger partial charge in [-0.25, -0.2) is 0 Å². The van der Waals surface area contributed by atoms with Gasteiger partial charge in [-0.1, -0.05) is 24.6 Å². The number of rotatable bonds is 9. The number of aromatic nitrogens is 1. The summed E-state index contributed by atoms with van der Waals surface area (Å²) < 4.78 is 11.6. The molecule has 1 saturated heterocycles. The lowest BCUT2D eigenvalue weighted by Crippen LogP contribution is -2.36. The Morgan fingerprint density at radius 2 is 1.91 bits per heavy atom. The van der Waals surface area contributed by atoms with Crippen molar-refractivity contribution in [3.05, 3.63) is 83.7 Å². The van der Waals surface area contributed by atoms with E-state index in [0.29, 0.717) is 36.3 Å². The molecule has 0 saturated carbocycles. The first-order valence-corrected chi connectivity index (χ1v) is 12.1. The number of amides is 1. The number of nitrogens with zero attached hydrogens (tertiary/aromatic N) is 2. The predicted molar refractivity (Wildman–Crippen MR) is 134 cm³/mol. The van der Waals surface area contributed by atoms with Crippen molar-refractivity contribution in [2.45, 2.75) is 52.3 Å². The van der Waals surface area contributed by atoms with Crippen molar-refractivity contribution in [3.8, 4) is 11.5 Å². The molecule has 178 valence electrons. The van der Waals surface area contributed by atoms with Gasteiger partial charge < -0.3 is 14.8 Å². The van der Waals surface area contributed by atoms with Crippen LogP contribution in [-0.2, 0) is 13.2 Å². The van der Waals surface area contributed by atoms with Gasteiger partial charge >= 0.3 is 0 Å².